The third-order valence-corrected chi connectivity index (χ3v) is 3.06. The minimum absolute atomic E-state index is 0.0581. The lowest BCUT2D eigenvalue weighted by Gasteiger charge is -2.11. The smallest absolute Gasteiger partial charge is 0.228 e. The van der Waals surface area contributed by atoms with Crippen molar-refractivity contribution in [3.05, 3.63) is 23.8 Å². The van der Waals surface area contributed by atoms with E-state index in [0.29, 0.717) is 12.2 Å². The predicted octanol–water partition coefficient (Wildman–Crippen LogP) is 0.275. The SMILES string of the molecule is NCc1cc(NC(=O)C2CCNC2)ccc1N. The van der Waals surface area contributed by atoms with E-state index in [1.807, 2.05) is 6.07 Å². The molecule has 2 rings (SSSR count). The van der Waals surface area contributed by atoms with Gasteiger partial charge in [0.15, 0.2) is 0 Å². The number of benzene rings is 1. The Hall–Kier alpha value is -1.59. The fourth-order valence-corrected chi connectivity index (χ4v) is 1.98. The van der Waals surface area contributed by atoms with Gasteiger partial charge in [0, 0.05) is 24.5 Å². The zero-order valence-corrected chi connectivity index (χ0v) is 9.70. The molecule has 0 aliphatic carbocycles. The van der Waals surface area contributed by atoms with Crippen LogP contribution in [0.15, 0.2) is 18.2 Å². The second-order valence-corrected chi connectivity index (χ2v) is 4.30. The molecule has 1 aliphatic heterocycles. The van der Waals surface area contributed by atoms with Crippen LogP contribution < -0.4 is 22.1 Å². The van der Waals surface area contributed by atoms with Gasteiger partial charge in [-0.25, -0.2) is 0 Å². The van der Waals surface area contributed by atoms with E-state index in [-0.39, 0.29) is 11.8 Å². The van der Waals surface area contributed by atoms with Crippen LogP contribution in [-0.2, 0) is 11.3 Å². The van der Waals surface area contributed by atoms with Crippen molar-refractivity contribution >= 4 is 17.3 Å². The Bertz CT molecular complexity index is 413. The van der Waals surface area contributed by atoms with E-state index >= 15 is 0 Å². The molecule has 1 fully saturated rings. The van der Waals surface area contributed by atoms with Gasteiger partial charge in [0.1, 0.15) is 0 Å². The number of anilines is 2. The highest BCUT2D eigenvalue weighted by Crippen LogP contribution is 2.19. The summed E-state index contributed by atoms with van der Waals surface area (Å²) < 4.78 is 0. The summed E-state index contributed by atoms with van der Waals surface area (Å²) in [5, 5.41) is 6.07. The molecule has 1 heterocycles. The summed E-state index contributed by atoms with van der Waals surface area (Å²) in [5.41, 5.74) is 13.6. The maximum Gasteiger partial charge on any atom is 0.228 e. The topological polar surface area (TPSA) is 93.2 Å². The maximum absolute atomic E-state index is 11.9. The lowest BCUT2D eigenvalue weighted by atomic mass is 10.1. The molecule has 5 nitrogen and oxygen atoms in total. The molecule has 6 N–H and O–H groups in total. The standard InChI is InChI=1S/C12H18N4O/c13-6-9-5-10(1-2-11(9)14)16-12(17)8-3-4-15-7-8/h1-2,5,8,15H,3-4,6-7,13-14H2,(H,16,17). The molecule has 0 bridgehead atoms. The third-order valence-electron chi connectivity index (χ3n) is 3.06. The molecule has 1 unspecified atom stereocenters. The van der Waals surface area contributed by atoms with Crippen molar-refractivity contribution in [3.8, 4) is 0 Å². The molecule has 0 radical (unpaired) electrons. The highest BCUT2D eigenvalue weighted by atomic mass is 16.1. The van der Waals surface area contributed by atoms with E-state index < -0.39 is 0 Å². The van der Waals surface area contributed by atoms with Crippen molar-refractivity contribution in [2.45, 2.75) is 13.0 Å². The lowest BCUT2D eigenvalue weighted by molar-refractivity contribution is -0.119. The zero-order chi connectivity index (χ0) is 12.3. The van der Waals surface area contributed by atoms with Crippen LogP contribution in [-0.4, -0.2) is 19.0 Å². The first-order valence-corrected chi connectivity index (χ1v) is 5.80. The Kier molecular flexibility index (Phi) is 3.61. The largest absolute Gasteiger partial charge is 0.398 e. The van der Waals surface area contributed by atoms with E-state index in [2.05, 4.69) is 10.6 Å². The van der Waals surface area contributed by atoms with Crippen molar-refractivity contribution in [2.75, 3.05) is 24.1 Å². The summed E-state index contributed by atoms with van der Waals surface area (Å²) in [6, 6.07) is 5.40. The number of rotatable bonds is 3. The van der Waals surface area contributed by atoms with E-state index in [1.165, 1.54) is 0 Å². The zero-order valence-electron chi connectivity index (χ0n) is 9.70. The molecule has 92 valence electrons. The number of nitrogens with two attached hydrogens (primary N) is 2. The Balaban J connectivity index is 2.05. The molecule has 1 saturated heterocycles. The molecule has 0 aromatic heterocycles. The molecule has 17 heavy (non-hydrogen) atoms. The van der Waals surface area contributed by atoms with Crippen molar-refractivity contribution in [3.63, 3.8) is 0 Å². The van der Waals surface area contributed by atoms with Gasteiger partial charge in [-0.15, -0.1) is 0 Å². The first-order valence-electron chi connectivity index (χ1n) is 5.80. The molecule has 0 spiro atoms. The molecular formula is C12H18N4O. The van der Waals surface area contributed by atoms with E-state index in [4.69, 9.17) is 11.5 Å². The number of nitrogen functional groups attached to an aromatic ring is 1. The maximum atomic E-state index is 11.9. The fourth-order valence-electron chi connectivity index (χ4n) is 1.98. The van der Waals surface area contributed by atoms with Gasteiger partial charge in [-0.3, -0.25) is 4.79 Å². The quantitative estimate of drug-likeness (QED) is 0.565. The number of hydrogen-bond donors (Lipinski definition) is 4. The number of amides is 1. The summed E-state index contributed by atoms with van der Waals surface area (Å²) in [4.78, 5) is 11.9. The normalized spacial score (nSPS) is 19.2. The van der Waals surface area contributed by atoms with Crippen LogP contribution in [0.2, 0.25) is 0 Å². The molecule has 1 atom stereocenters. The van der Waals surface area contributed by atoms with Gasteiger partial charge in [-0.1, -0.05) is 0 Å². The second-order valence-electron chi connectivity index (χ2n) is 4.30. The van der Waals surface area contributed by atoms with Gasteiger partial charge < -0.3 is 22.1 Å². The molecular weight excluding hydrogens is 216 g/mol. The van der Waals surface area contributed by atoms with Crippen LogP contribution in [0.25, 0.3) is 0 Å². The van der Waals surface area contributed by atoms with Crippen LogP contribution in [0, 0.1) is 5.92 Å². The highest BCUT2D eigenvalue weighted by molar-refractivity contribution is 5.93. The van der Waals surface area contributed by atoms with Crippen molar-refractivity contribution < 1.29 is 4.79 Å². The van der Waals surface area contributed by atoms with Crippen LogP contribution in [0.3, 0.4) is 0 Å². The summed E-state index contributed by atoms with van der Waals surface area (Å²) in [7, 11) is 0. The van der Waals surface area contributed by atoms with Crippen LogP contribution in [0.5, 0.6) is 0 Å². The minimum atomic E-state index is 0.0581. The summed E-state index contributed by atoms with van der Waals surface area (Å²) in [6.07, 6.45) is 0.893. The lowest BCUT2D eigenvalue weighted by Crippen LogP contribution is -2.24. The average molecular weight is 234 g/mol. The molecule has 0 saturated carbocycles. The van der Waals surface area contributed by atoms with Gasteiger partial charge >= 0.3 is 0 Å². The van der Waals surface area contributed by atoms with Crippen molar-refractivity contribution in [1.29, 1.82) is 0 Å². The third kappa shape index (κ3) is 2.75. The minimum Gasteiger partial charge on any atom is -0.398 e. The predicted molar refractivity (Wildman–Crippen MR) is 68.4 cm³/mol. The number of carbonyl (C=O) groups is 1. The monoisotopic (exact) mass is 234 g/mol. The van der Waals surface area contributed by atoms with Gasteiger partial charge in [-0.2, -0.15) is 0 Å². The highest BCUT2D eigenvalue weighted by Gasteiger charge is 2.22. The van der Waals surface area contributed by atoms with Gasteiger partial charge in [0.05, 0.1) is 5.92 Å². The Morgan fingerprint density at radius 3 is 3.00 bits per heavy atom. The average Bonchev–Trinajstić information content (AvgIpc) is 2.85. The van der Waals surface area contributed by atoms with E-state index in [1.54, 1.807) is 12.1 Å². The van der Waals surface area contributed by atoms with Crippen LogP contribution in [0.1, 0.15) is 12.0 Å². The summed E-state index contributed by atoms with van der Waals surface area (Å²) in [6.45, 7) is 2.04. The molecule has 1 aromatic carbocycles. The fraction of sp³-hybridized carbons (Fsp3) is 0.417. The number of hydrogen-bond acceptors (Lipinski definition) is 4. The van der Waals surface area contributed by atoms with Crippen molar-refractivity contribution in [2.24, 2.45) is 11.7 Å². The van der Waals surface area contributed by atoms with Gasteiger partial charge in [-0.05, 0) is 36.7 Å². The molecule has 1 aliphatic rings. The molecule has 1 aromatic rings. The number of nitrogens with one attached hydrogen (secondary N) is 2. The van der Waals surface area contributed by atoms with E-state index in [0.717, 1.165) is 30.8 Å². The Morgan fingerprint density at radius 1 is 1.53 bits per heavy atom. The van der Waals surface area contributed by atoms with Crippen molar-refractivity contribution in [1.82, 2.24) is 5.32 Å². The summed E-state index contributed by atoms with van der Waals surface area (Å²) in [5.74, 6) is 0.122. The molecule has 1 amide bonds. The van der Waals surface area contributed by atoms with E-state index in [9.17, 15) is 4.79 Å². The Morgan fingerprint density at radius 2 is 2.35 bits per heavy atom. The van der Waals surface area contributed by atoms with Crippen LogP contribution in [0.4, 0.5) is 11.4 Å². The first kappa shape index (κ1) is 11.9. The van der Waals surface area contributed by atoms with Gasteiger partial charge in [0.25, 0.3) is 0 Å². The van der Waals surface area contributed by atoms with Gasteiger partial charge in [0.2, 0.25) is 5.91 Å². The second kappa shape index (κ2) is 5.16. The molecule has 5 heteroatoms. The summed E-state index contributed by atoms with van der Waals surface area (Å²) >= 11 is 0. The first-order chi connectivity index (χ1) is 8.20. The Labute approximate surface area is 101 Å². The van der Waals surface area contributed by atoms with Crippen LogP contribution >= 0.6 is 0 Å². The number of carbonyl (C=O) groups excluding carboxylic acids is 1.